The first kappa shape index (κ1) is 18.7. The molecule has 4 atom stereocenters. The average Bonchev–Trinajstić information content (AvgIpc) is 3.42. The van der Waals surface area contributed by atoms with Crippen molar-refractivity contribution in [1.82, 2.24) is 0 Å². The summed E-state index contributed by atoms with van der Waals surface area (Å²) in [6, 6.07) is 11.7. The van der Waals surface area contributed by atoms with Crippen LogP contribution < -0.4 is 4.74 Å². The van der Waals surface area contributed by atoms with Gasteiger partial charge in [0.15, 0.2) is 5.78 Å². The molecule has 0 radical (unpaired) electrons. The summed E-state index contributed by atoms with van der Waals surface area (Å²) >= 11 is 6.17. The fraction of sp³-hybridized carbons (Fsp3) is 0.375. The maximum Gasteiger partial charge on any atom is 0.173 e. The van der Waals surface area contributed by atoms with E-state index >= 15 is 0 Å². The minimum Gasteiger partial charge on any atom is -0.511 e. The van der Waals surface area contributed by atoms with Crippen LogP contribution in [0, 0.1) is 11.8 Å². The Labute approximate surface area is 175 Å². The Morgan fingerprint density at radius 2 is 1.79 bits per heavy atom. The molecule has 2 aliphatic heterocycles. The number of aryl methyl sites for hydroxylation is 1. The summed E-state index contributed by atoms with van der Waals surface area (Å²) in [5, 5.41) is 11.6. The number of methoxy groups -OCH3 is 1. The van der Waals surface area contributed by atoms with E-state index in [4.69, 9.17) is 21.1 Å². The van der Waals surface area contributed by atoms with Gasteiger partial charge in [0.05, 0.1) is 41.7 Å². The second-order valence-corrected chi connectivity index (χ2v) is 8.45. The third-order valence-electron chi connectivity index (χ3n) is 6.64. The molecule has 2 aromatic carbocycles. The average molecular weight is 411 g/mol. The molecule has 2 bridgehead atoms. The zero-order valence-corrected chi connectivity index (χ0v) is 17.2. The molecule has 0 spiro atoms. The largest absolute Gasteiger partial charge is 0.511 e. The predicted octanol–water partition coefficient (Wildman–Crippen LogP) is 5.22. The number of carbonyl (C=O) groups is 1. The first-order chi connectivity index (χ1) is 14.0. The van der Waals surface area contributed by atoms with E-state index in [0.717, 1.165) is 41.5 Å². The standard InChI is InChI=1S/C24H23ClO4/c1-3-12-4-5-13(14-6-7-16(25)19(11-14)28-2)10-15(12)20-23(26)21-17-8-9-18(29-17)22(21)24(20)27/h4-7,10-11,17-18,21-22,26H,3,8-9H2,1-2H3/t17?,18?,21-,22+/m1/s1. The van der Waals surface area contributed by atoms with Crippen molar-refractivity contribution in [3.05, 3.63) is 58.3 Å². The lowest BCUT2D eigenvalue weighted by Gasteiger charge is -2.19. The van der Waals surface area contributed by atoms with E-state index in [1.807, 2.05) is 30.3 Å². The molecule has 2 saturated heterocycles. The van der Waals surface area contributed by atoms with Crippen molar-refractivity contribution >= 4 is 23.0 Å². The van der Waals surface area contributed by atoms with Crippen molar-refractivity contribution in [3.63, 3.8) is 0 Å². The highest BCUT2D eigenvalue weighted by molar-refractivity contribution is 6.32. The number of ketones is 1. The van der Waals surface area contributed by atoms with Crippen LogP contribution in [0.3, 0.4) is 0 Å². The van der Waals surface area contributed by atoms with Crippen molar-refractivity contribution < 1.29 is 19.4 Å². The molecule has 1 aliphatic carbocycles. The molecular formula is C24H23ClO4. The van der Waals surface area contributed by atoms with Crippen LogP contribution in [0.1, 0.15) is 30.9 Å². The van der Waals surface area contributed by atoms with Gasteiger partial charge in [0.25, 0.3) is 0 Å². The van der Waals surface area contributed by atoms with Gasteiger partial charge in [-0.15, -0.1) is 0 Å². The maximum atomic E-state index is 13.3. The van der Waals surface area contributed by atoms with Crippen LogP contribution in [-0.4, -0.2) is 30.2 Å². The molecule has 2 fully saturated rings. The SMILES string of the molecule is CCc1ccc(-c2ccc(Cl)c(OC)c2)cc1C1=C(O)[C@@H]2C3CCC(O3)[C@@H]2C1=O. The van der Waals surface area contributed by atoms with Gasteiger partial charge in [0.2, 0.25) is 0 Å². The molecule has 5 rings (SSSR count). The topological polar surface area (TPSA) is 55.8 Å². The fourth-order valence-corrected chi connectivity index (χ4v) is 5.42. The Hall–Kier alpha value is -2.30. The second-order valence-electron chi connectivity index (χ2n) is 8.04. The van der Waals surface area contributed by atoms with Gasteiger partial charge >= 0.3 is 0 Å². The number of aliphatic hydroxyl groups excluding tert-OH is 1. The van der Waals surface area contributed by atoms with Crippen LogP contribution >= 0.6 is 11.6 Å². The van der Waals surface area contributed by atoms with E-state index in [2.05, 4.69) is 6.92 Å². The number of carbonyl (C=O) groups excluding carboxylic acids is 1. The molecule has 2 aromatic rings. The van der Waals surface area contributed by atoms with E-state index in [1.54, 1.807) is 13.2 Å². The van der Waals surface area contributed by atoms with Gasteiger partial charge in [0.1, 0.15) is 11.5 Å². The second kappa shape index (κ2) is 6.89. The Bertz CT molecular complexity index is 1040. The van der Waals surface area contributed by atoms with Gasteiger partial charge in [-0.1, -0.05) is 36.7 Å². The van der Waals surface area contributed by atoms with Crippen LogP contribution in [-0.2, 0) is 16.0 Å². The quantitative estimate of drug-likeness (QED) is 0.750. The highest BCUT2D eigenvalue weighted by Gasteiger charge is 2.59. The molecule has 2 heterocycles. The molecule has 0 aromatic heterocycles. The smallest absolute Gasteiger partial charge is 0.173 e. The zero-order chi connectivity index (χ0) is 20.3. The van der Waals surface area contributed by atoms with Crippen LogP contribution in [0.5, 0.6) is 5.75 Å². The van der Waals surface area contributed by atoms with Crippen LogP contribution in [0.25, 0.3) is 16.7 Å². The number of hydrogen-bond acceptors (Lipinski definition) is 4. The Morgan fingerprint density at radius 3 is 2.48 bits per heavy atom. The molecule has 0 saturated carbocycles. The van der Waals surface area contributed by atoms with Gasteiger partial charge in [-0.2, -0.15) is 0 Å². The molecule has 29 heavy (non-hydrogen) atoms. The number of halogens is 1. The third kappa shape index (κ3) is 2.73. The minimum absolute atomic E-state index is 0.0276. The van der Waals surface area contributed by atoms with Gasteiger partial charge in [0, 0.05) is 0 Å². The Morgan fingerprint density at radius 1 is 1.10 bits per heavy atom. The van der Waals surface area contributed by atoms with Crippen LogP contribution in [0.15, 0.2) is 42.2 Å². The van der Waals surface area contributed by atoms with Crippen molar-refractivity contribution in [2.75, 3.05) is 7.11 Å². The number of Topliss-reactive ketones (excluding diaryl/α,β-unsaturated/α-hetero) is 1. The van der Waals surface area contributed by atoms with Gasteiger partial charge < -0.3 is 14.6 Å². The van der Waals surface area contributed by atoms with Gasteiger partial charge in [-0.25, -0.2) is 0 Å². The van der Waals surface area contributed by atoms with Crippen molar-refractivity contribution in [1.29, 1.82) is 0 Å². The van der Waals surface area contributed by atoms with E-state index in [0.29, 0.717) is 16.3 Å². The summed E-state index contributed by atoms with van der Waals surface area (Å²) in [4.78, 5) is 13.3. The molecule has 2 unspecified atom stereocenters. The Kier molecular flexibility index (Phi) is 4.45. The number of benzene rings is 2. The molecule has 5 heteroatoms. The summed E-state index contributed by atoms with van der Waals surface area (Å²) in [6.45, 7) is 2.06. The number of ether oxygens (including phenoxy) is 2. The molecule has 4 nitrogen and oxygen atoms in total. The highest BCUT2D eigenvalue weighted by atomic mass is 35.5. The van der Waals surface area contributed by atoms with E-state index in [1.165, 1.54) is 0 Å². The summed E-state index contributed by atoms with van der Waals surface area (Å²) in [6.07, 6.45) is 2.53. The number of allylic oxidation sites excluding steroid dienone is 1. The van der Waals surface area contributed by atoms with Crippen LogP contribution in [0.2, 0.25) is 5.02 Å². The lowest BCUT2D eigenvalue weighted by molar-refractivity contribution is -0.118. The zero-order valence-electron chi connectivity index (χ0n) is 16.4. The van der Waals surface area contributed by atoms with E-state index in [-0.39, 0.29) is 35.6 Å². The maximum absolute atomic E-state index is 13.3. The van der Waals surface area contributed by atoms with E-state index in [9.17, 15) is 9.90 Å². The third-order valence-corrected chi connectivity index (χ3v) is 6.95. The lowest BCUT2D eigenvalue weighted by Crippen LogP contribution is -2.29. The predicted molar refractivity (Wildman–Crippen MR) is 112 cm³/mol. The van der Waals surface area contributed by atoms with Crippen molar-refractivity contribution in [2.45, 2.75) is 38.4 Å². The number of aliphatic hydroxyl groups is 1. The highest BCUT2D eigenvalue weighted by Crippen LogP contribution is 2.54. The van der Waals surface area contributed by atoms with E-state index < -0.39 is 0 Å². The van der Waals surface area contributed by atoms with Gasteiger partial charge in [-0.05, 0) is 59.7 Å². The fourth-order valence-electron chi connectivity index (χ4n) is 5.22. The number of fused-ring (bicyclic) bond motifs is 5. The van der Waals surface area contributed by atoms with Gasteiger partial charge in [-0.3, -0.25) is 4.79 Å². The summed E-state index contributed by atoms with van der Waals surface area (Å²) in [5.41, 5.74) is 4.27. The molecule has 0 amide bonds. The molecule has 1 N–H and O–H groups in total. The summed E-state index contributed by atoms with van der Waals surface area (Å²) in [7, 11) is 1.59. The summed E-state index contributed by atoms with van der Waals surface area (Å²) < 4.78 is 11.3. The molecule has 3 aliphatic rings. The first-order valence-electron chi connectivity index (χ1n) is 10.1. The molecule has 150 valence electrons. The first-order valence-corrected chi connectivity index (χ1v) is 10.5. The number of hydrogen-bond donors (Lipinski definition) is 1. The summed E-state index contributed by atoms with van der Waals surface area (Å²) in [5.74, 6) is 0.438. The Balaban J connectivity index is 1.62. The minimum atomic E-state index is -0.229. The molecular weight excluding hydrogens is 388 g/mol. The van der Waals surface area contributed by atoms with Crippen molar-refractivity contribution in [2.24, 2.45) is 11.8 Å². The monoisotopic (exact) mass is 410 g/mol. The van der Waals surface area contributed by atoms with Crippen molar-refractivity contribution in [3.8, 4) is 16.9 Å². The normalized spacial score (nSPS) is 27.6. The number of rotatable bonds is 4. The van der Waals surface area contributed by atoms with Crippen LogP contribution in [0.4, 0.5) is 0 Å². The lowest BCUT2D eigenvalue weighted by atomic mass is 9.80.